The molecule has 6 heteroatoms. The smallest absolute Gasteiger partial charge is 0.262 e. The second-order valence-corrected chi connectivity index (χ2v) is 7.27. The van der Waals surface area contributed by atoms with Crippen molar-refractivity contribution in [3.05, 3.63) is 82.3 Å². The lowest BCUT2D eigenvalue weighted by atomic mass is 10.0. The van der Waals surface area contributed by atoms with Gasteiger partial charge in [-0.1, -0.05) is 34.1 Å². The molecule has 0 unspecified atom stereocenters. The van der Waals surface area contributed by atoms with Crippen LogP contribution in [-0.4, -0.2) is 12.7 Å². The standard InChI is InChI=1S/C21H15BrN2O3/c22-14-6-8-15(9-7-14)24-20(13-5-10-18-19(11-13)27-12-26-18)23-17-4-2-1-3-16(17)21(24)25/h1-11,20,23H,12H2/t20-/m1/s1. The number of para-hydroxylation sites is 1. The number of hydrogen-bond donors (Lipinski definition) is 1. The monoisotopic (exact) mass is 422 g/mol. The number of hydrogen-bond acceptors (Lipinski definition) is 4. The van der Waals surface area contributed by atoms with Gasteiger partial charge in [-0.05, 0) is 54.1 Å². The number of rotatable bonds is 2. The molecule has 1 atom stereocenters. The first-order chi connectivity index (χ1) is 13.2. The first-order valence-electron chi connectivity index (χ1n) is 8.55. The molecule has 2 heterocycles. The largest absolute Gasteiger partial charge is 0.454 e. The molecule has 0 bridgehead atoms. The van der Waals surface area contributed by atoms with Gasteiger partial charge in [-0.25, -0.2) is 0 Å². The number of ether oxygens (including phenoxy) is 2. The average molecular weight is 423 g/mol. The van der Waals surface area contributed by atoms with Crippen molar-refractivity contribution in [2.75, 3.05) is 17.0 Å². The number of amides is 1. The molecule has 27 heavy (non-hydrogen) atoms. The highest BCUT2D eigenvalue weighted by Gasteiger charge is 2.34. The molecular formula is C21H15BrN2O3. The second-order valence-electron chi connectivity index (χ2n) is 6.36. The van der Waals surface area contributed by atoms with Gasteiger partial charge in [0, 0.05) is 15.8 Å². The summed E-state index contributed by atoms with van der Waals surface area (Å²) in [4.78, 5) is 15.1. The fourth-order valence-electron chi connectivity index (χ4n) is 3.44. The first kappa shape index (κ1) is 16.2. The van der Waals surface area contributed by atoms with Crippen LogP contribution in [0.3, 0.4) is 0 Å². The van der Waals surface area contributed by atoms with Crippen LogP contribution in [0.2, 0.25) is 0 Å². The molecule has 5 rings (SSSR count). The van der Waals surface area contributed by atoms with E-state index in [1.165, 1.54) is 0 Å². The highest BCUT2D eigenvalue weighted by molar-refractivity contribution is 9.10. The van der Waals surface area contributed by atoms with Crippen molar-refractivity contribution in [3.63, 3.8) is 0 Å². The number of anilines is 2. The summed E-state index contributed by atoms with van der Waals surface area (Å²) >= 11 is 3.45. The van der Waals surface area contributed by atoms with E-state index in [-0.39, 0.29) is 18.9 Å². The quantitative estimate of drug-likeness (QED) is 0.634. The van der Waals surface area contributed by atoms with Gasteiger partial charge in [0.1, 0.15) is 6.17 Å². The van der Waals surface area contributed by atoms with Gasteiger partial charge in [0.15, 0.2) is 11.5 Å². The van der Waals surface area contributed by atoms with E-state index in [2.05, 4.69) is 21.2 Å². The van der Waals surface area contributed by atoms with Crippen LogP contribution >= 0.6 is 15.9 Å². The van der Waals surface area contributed by atoms with Crippen LogP contribution in [0, 0.1) is 0 Å². The van der Waals surface area contributed by atoms with E-state index in [9.17, 15) is 4.79 Å². The summed E-state index contributed by atoms with van der Waals surface area (Å²) in [6, 6.07) is 21.0. The molecule has 3 aromatic carbocycles. The lowest BCUT2D eigenvalue weighted by Crippen LogP contribution is -2.43. The molecule has 3 aromatic rings. The highest BCUT2D eigenvalue weighted by atomic mass is 79.9. The van der Waals surface area contributed by atoms with Gasteiger partial charge >= 0.3 is 0 Å². The topological polar surface area (TPSA) is 50.8 Å². The molecule has 0 radical (unpaired) electrons. The number of nitrogens with one attached hydrogen (secondary N) is 1. The van der Waals surface area contributed by atoms with E-state index in [0.717, 1.165) is 27.2 Å². The summed E-state index contributed by atoms with van der Waals surface area (Å²) in [6.07, 6.45) is -0.358. The molecule has 0 aliphatic carbocycles. The van der Waals surface area contributed by atoms with Crippen molar-refractivity contribution >= 4 is 33.2 Å². The van der Waals surface area contributed by atoms with Crippen molar-refractivity contribution in [3.8, 4) is 11.5 Å². The van der Waals surface area contributed by atoms with E-state index in [0.29, 0.717) is 11.3 Å². The summed E-state index contributed by atoms with van der Waals surface area (Å²) in [5.74, 6) is 1.36. The van der Waals surface area contributed by atoms with Crippen LogP contribution < -0.4 is 19.7 Å². The molecule has 2 aliphatic heterocycles. The number of carbonyl (C=O) groups is 1. The van der Waals surface area contributed by atoms with Gasteiger partial charge in [-0.15, -0.1) is 0 Å². The molecule has 0 saturated carbocycles. The molecule has 1 N–H and O–H groups in total. The zero-order valence-electron chi connectivity index (χ0n) is 14.2. The Labute approximate surface area is 164 Å². The summed E-state index contributed by atoms with van der Waals surface area (Å²) in [5, 5.41) is 3.50. The van der Waals surface area contributed by atoms with E-state index >= 15 is 0 Å². The Bertz CT molecular complexity index is 1040. The highest BCUT2D eigenvalue weighted by Crippen LogP contribution is 2.40. The Morgan fingerprint density at radius 2 is 1.74 bits per heavy atom. The minimum absolute atomic E-state index is 0.0469. The summed E-state index contributed by atoms with van der Waals surface area (Å²) < 4.78 is 11.9. The Morgan fingerprint density at radius 1 is 0.963 bits per heavy atom. The molecule has 0 spiro atoms. The third kappa shape index (κ3) is 2.73. The maximum Gasteiger partial charge on any atom is 0.262 e. The van der Waals surface area contributed by atoms with Gasteiger partial charge in [0.2, 0.25) is 6.79 Å². The molecule has 0 saturated heterocycles. The van der Waals surface area contributed by atoms with Gasteiger partial charge < -0.3 is 14.8 Å². The molecule has 2 aliphatic rings. The van der Waals surface area contributed by atoms with Crippen molar-refractivity contribution < 1.29 is 14.3 Å². The minimum atomic E-state index is -0.358. The second kappa shape index (κ2) is 6.32. The number of carbonyl (C=O) groups excluding carboxylic acids is 1. The van der Waals surface area contributed by atoms with Crippen LogP contribution in [-0.2, 0) is 0 Å². The van der Waals surface area contributed by atoms with Gasteiger partial charge in [0.05, 0.1) is 5.56 Å². The lowest BCUT2D eigenvalue weighted by molar-refractivity contribution is 0.0975. The Morgan fingerprint density at radius 3 is 2.59 bits per heavy atom. The average Bonchev–Trinajstić information content (AvgIpc) is 3.17. The van der Waals surface area contributed by atoms with Gasteiger partial charge in [-0.2, -0.15) is 0 Å². The Balaban J connectivity index is 1.64. The van der Waals surface area contributed by atoms with Crippen molar-refractivity contribution in [1.82, 2.24) is 0 Å². The van der Waals surface area contributed by atoms with Gasteiger partial charge in [0.25, 0.3) is 5.91 Å². The molecular weight excluding hydrogens is 408 g/mol. The minimum Gasteiger partial charge on any atom is -0.454 e. The number of nitrogens with zero attached hydrogens (tertiary/aromatic N) is 1. The lowest BCUT2D eigenvalue weighted by Gasteiger charge is -2.38. The fourth-order valence-corrected chi connectivity index (χ4v) is 3.70. The molecule has 0 fully saturated rings. The van der Waals surface area contributed by atoms with Crippen LogP contribution in [0.25, 0.3) is 0 Å². The third-order valence-corrected chi connectivity index (χ3v) is 5.27. The summed E-state index contributed by atoms with van der Waals surface area (Å²) in [7, 11) is 0. The van der Waals surface area contributed by atoms with Crippen LogP contribution in [0.1, 0.15) is 22.1 Å². The van der Waals surface area contributed by atoms with Crippen LogP contribution in [0.5, 0.6) is 11.5 Å². The summed E-state index contributed by atoms with van der Waals surface area (Å²) in [6.45, 7) is 0.217. The third-order valence-electron chi connectivity index (χ3n) is 4.74. The number of halogens is 1. The normalized spacial score (nSPS) is 17.4. The fraction of sp³-hybridized carbons (Fsp3) is 0.0952. The Hall–Kier alpha value is -2.99. The van der Waals surface area contributed by atoms with Crippen molar-refractivity contribution in [2.24, 2.45) is 0 Å². The van der Waals surface area contributed by atoms with Crippen LogP contribution in [0.4, 0.5) is 11.4 Å². The first-order valence-corrected chi connectivity index (χ1v) is 9.34. The SMILES string of the molecule is O=C1c2ccccc2N[C@@H](c2ccc3c(c2)OCO3)N1c1ccc(Br)cc1. The van der Waals surface area contributed by atoms with Crippen molar-refractivity contribution in [1.29, 1.82) is 0 Å². The van der Waals surface area contributed by atoms with Crippen molar-refractivity contribution in [2.45, 2.75) is 6.17 Å². The van der Waals surface area contributed by atoms with E-state index in [1.54, 1.807) is 4.90 Å². The van der Waals surface area contributed by atoms with Crippen LogP contribution in [0.15, 0.2) is 71.2 Å². The molecule has 1 amide bonds. The summed E-state index contributed by atoms with van der Waals surface area (Å²) in [5.41, 5.74) is 3.20. The number of benzene rings is 3. The zero-order valence-corrected chi connectivity index (χ0v) is 15.8. The number of fused-ring (bicyclic) bond motifs is 2. The molecule has 134 valence electrons. The maximum absolute atomic E-state index is 13.3. The van der Waals surface area contributed by atoms with E-state index < -0.39 is 0 Å². The van der Waals surface area contributed by atoms with Gasteiger partial charge in [-0.3, -0.25) is 9.69 Å². The predicted molar refractivity (Wildman–Crippen MR) is 106 cm³/mol. The molecule has 0 aromatic heterocycles. The zero-order chi connectivity index (χ0) is 18.4. The van der Waals surface area contributed by atoms with E-state index in [1.807, 2.05) is 66.7 Å². The Kier molecular flexibility index (Phi) is 3.79. The predicted octanol–water partition coefficient (Wildman–Crippen LogP) is 4.95. The van der Waals surface area contributed by atoms with E-state index in [4.69, 9.17) is 9.47 Å². The molecule has 5 nitrogen and oxygen atoms in total. The maximum atomic E-state index is 13.3.